The van der Waals surface area contributed by atoms with E-state index < -0.39 is 5.97 Å². The number of carboxylic acid groups (broad SMARTS) is 1. The second-order valence-corrected chi connectivity index (χ2v) is 4.15. The van der Waals surface area contributed by atoms with Crippen LogP contribution in [0.15, 0.2) is 36.8 Å². The van der Waals surface area contributed by atoms with Crippen molar-refractivity contribution >= 4 is 11.7 Å². The molecule has 0 bridgehead atoms. The Kier molecular flexibility index (Phi) is 4.24. The van der Waals surface area contributed by atoms with Gasteiger partial charge in [-0.1, -0.05) is 12.1 Å². The van der Waals surface area contributed by atoms with Crippen molar-refractivity contribution in [1.29, 1.82) is 0 Å². The predicted molar refractivity (Wildman–Crippen MR) is 72.1 cm³/mol. The van der Waals surface area contributed by atoms with Crippen LogP contribution in [-0.2, 0) is 6.54 Å². The fourth-order valence-electron chi connectivity index (χ4n) is 1.92. The second kappa shape index (κ2) is 6.10. The summed E-state index contributed by atoms with van der Waals surface area (Å²) in [5.41, 5.74) is 0.810. The molecule has 0 atom stereocenters. The number of hydrogen-bond acceptors (Lipinski definition) is 4. The average Bonchev–Trinajstić information content (AvgIpc) is 2.46. The van der Waals surface area contributed by atoms with Crippen LogP contribution in [0.4, 0.5) is 10.1 Å². The minimum atomic E-state index is -1.09. The first kappa shape index (κ1) is 13.9. The van der Waals surface area contributed by atoms with Crippen molar-refractivity contribution in [2.75, 3.05) is 11.4 Å². The molecule has 0 saturated heterocycles. The Labute approximate surface area is 115 Å². The number of aromatic nitrogens is 2. The molecular weight excluding hydrogens is 261 g/mol. The van der Waals surface area contributed by atoms with Crippen molar-refractivity contribution in [2.45, 2.75) is 13.5 Å². The van der Waals surface area contributed by atoms with E-state index in [0.29, 0.717) is 17.9 Å². The first-order chi connectivity index (χ1) is 9.63. The summed E-state index contributed by atoms with van der Waals surface area (Å²) < 4.78 is 13.8. The second-order valence-electron chi connectivity index (χ2n) is 4.15. The van der Waals surface area contributed by atoms with Gasteiger partial charge in [-0.2, -0.15) is 0 Å². The Morgan fingerprint density at radius 2 is 2.15 bits per heavy atom. The molecule has 1 heterocycles. The van der Waals surface area contributed by atoms with Crippen LogP contribution >= 0.6 is 0 Å². The molecule has 1 aromatic heterocycles. The zero-order chi connectivity index (χ0) is 14.5. The zero-order valence-electron chi connectivity index (χ0n) is 11.0. The summed E-state index contributed by atoms with van der Waals surface area (Å²) in [6.07, 6.45) is 2.54. The van der Waals surface area contributed by atoms with E-state index >= 15 is 0 Å². The first-order valence-corrected chi connectivity index (χ1v) is 6.15. The van der Waals surface area contributed by atoms with Crippen molar-refractivity contribution in [3.63, 3.8) is 0 Å². The Balaban J connectivity index is 2.32. The number of anilines is 1. The molecule has 2 rings (SSSR count). The highest BCUT2D eigenvalue weighted by Gasteiger charge is 2.16. The molecule has 0 unspecified atom stereocenters. The van der Waals surface area contributed by atoms with E-state index in [1.165, 1.54) is 18.6 Å². The summed E-state index contributed by atoms with van der Waals surface area (Å²) >= 11 is 0. The number of para-hydroxylation sites is 1. The van der Waals surface area contributed by atoms with Crippen LogP contribution in [0.25, 0.3) is 0 Å². The van der Waals surface area contributed by atoms with Crippen LogP contribution in [0.1, 0.15) is 23.0 Å². The predicted octanol–water partition coefficient (Wildman–Crippen LogP) is 2.34. The molecule has 2 aromatic rings. The van der Waals surface area contributed by atoms with Gasteiger partial charge in [-0.05, 0) is 19.1 Å². The molecule has 5 nitrogen and oxygen atoms in total. The lowest BCUT2D eigenvalue weighted by Crippen LogP contribution is -2.25. The molecule has 0 saturated carbocycles. The van der Waals surface area contributed by atoms with Gasteiger partial charge in [-0.3, -0.25) is 0 Å². The van der Waals surface area contributed by atoms with Crippen molar-refractivity contribution in [2.24, 2.45) is 0 Å². The summed E-state index contributed by atoms with van der Waals surface area (Å²) in [5.74, 6) is -1.44. The standard InChI is InChI=1S/C14H14FN3O2/c1-2-18(13-6-4-3-5-11(13)15)8-12-10(14(19)20)7-16-9-17-12/h3-7,9H,2,8H2,1H3,(H,19,20). The van der Waals surface area contributed by atoms with Gasteiger partial charge in [0.2, 0.25) is 0 Å². The molecular formula is C14H14FN3O2. The van der Waals surface area contributed by atoms with E-state index in [4.69, 9.17) is 5.11 Å². The van der Waals surface area contributed by atoms with Crippen LogP contribution < -0.4 is 4.90 Å². The highest BCUT2D eigenvalue weighted by Crippen LogP contribution is 2.21. The lowest BCUT2D eigenvalue weighted by molar-refractivity contribution is 0.0694. The van der Waals surface area contributed by atoms with E-state index in [0.717, 1.165) is 0 Å². The Morgan fingerprint density at radius 1 is 1.40 bits per heavy atom. The molecule has 6 heteroatoms. The number of halogens is 1. The number of rotatable bonds is 5. The van der Waals surface area contributed by atoms with E-state index in [-0.39, 0.29) is 17.9 Å². The number of carbonyl (C=O) groups is 1. The molecule has 1 N–H and O–H groups in total. The van der Waals surface area contributed by atoms with E-state index in [9.17, 15) is 9.18 Å². The lowest BCUT2D eigenvalue weighted by atomic mass is 10.2. The van der Waals surface area contributed by atoms with Crippen LogP contribution in [0.3, 0.4) is 0 Å². The van der Waals surface area contributed by atoms with Crippen molar-refractivity contribution in [3.8, 4) is 0 Å². The molecule has 0 amide bonds. The number of nitrogens with zero attached hydrogens (tertiary/aromatic N) is 3. The molecule has 1 aromatic carbocycles. The van der Waals surface area contributed by atoms with Gasteiger partial charge in [0.05, 0.1) is 17.9 Å². The van der Waals surface area contributed by atoms with Gasteiger partial charge in [-0.15, -0.1) is 0 Å². The van der Waals surface area contributed by atoms with Crippen molar-refractivity contribution in [1.82, 2.24) is 9.97 Å². The topological polar surface area (TPSA) is 66.3 Å². The third kappa shape index (κ3) is 2.90. The van der Waals surface area contributed by atoms with Crippen LogP contribution in [0, 0.1) is 5.82 Å². The first-order valence-electron chi connectivity index (χ1n) is 6.15. The van der Waals surface area contributed by atoms with Crippen LogP contribution in [-0.4, -0.2) is 27.6 Å². The summed E-state index contributed by atoms with van der Waals surface area (Å²) in [4.78, 5) is 20.5. The summed E-state index contributed by atoms with van der Waals surface area (Å²) in [5, 5.41) is 9.10. The van der Waals surface area contributed by atoms with E-state index in [1.807, 2.05) is 6.92 Å². The SMILES string of the molecule is CCN(Cc1ncncc1C(=O)O)c1ccccc1F. The normalized spacial score (nSPS) is 10.3. The summed E-state index contributed by atoms with van der Waals surface area (Å²) in [7, 11) is 0. The van der Waals surface area contributed by atoms with Crippen LogP contribution in [0.2, 0.25) is 0 Å². The Bertz CT molecular complexity index is 619. The van der Waals surface area contributed by atoms with Crippen LogP contribution in [0.5, 0.6) is 0 Å². The molecule has 0 spiro atoms. The highest BCUT2D eigenvalue weighted by atomic mass is 19.1. The lowest BCUT2D eigenvalue weighted by Gasteiger charge is -2.23. The largest absolute Gasteiger partial charge is 0.478 e. The maximum absolute atomic E-state index is 13.8. The molecule has 0 aliphatic carbocycles. The van der Waals surface area contributed by atoms with Gasteiger partial charge >= 0.3 is 5.97 Å². The fourth-order valence-corrected chi connectivity index (χ4v) is 1.92. The Hall–Kier alpha value is -2.50. The van der Waals surface area contributed by atoms with Gasteiger partial charge in [0.25, 0.3) is 0 Å². The third-order valence-corrected chi connectivity index (χ3v) is 2.94. The minimum Gasteiger partial charge on any atom is -0.478 e. The number of aromatic carboxylic acids is 1. The smallest absolute Gasteiger partial charge is 0.339 e. The van der Waals surface area contributed by atoms with Crippen molar-refractivity contribution in [3.05, 3.63) is 53.9 Å². The van der Waals surface area contributed by atoms with Crippen molar-refractivity contribution < 1.29 is 14.3 Å². The van der Waals surface area contributed by atoms with Gasteiger partial charge in [0.15, 0.2) is 0 Å². The third-order valence-electron chi connectivity index (χ3n) is 2.94. The summed E-state index contributed by atoms with van der Waals surface area (Å²) in [6.45, 7) is 2.61. The number of benzene rings is 1. The molecule has 0 aliphatic heterocycles. The monoisotopic (exact) mass is 275 g/mol. The summed E-state index contributed by atoms with van der Waals surface area (Å²) in [6, 6.07) is 6.37. The molecule has 0 fully saturated rings. The highest BCUT2D eigenvalue weighted by molar-refractivity contribution is 5.88. The number of carboxylic acids is 1. The molecule has 0 aliphatic rings. The zero-order valence-corrected chi connectivity index (χ0v) is 11.0. The maximum Gasteiger partial charge on any atom is 0.339 e. The molecule has 0 radical (unpaired) electrons. The average molecular weight is 275 g/mol. The van der Waals surface area contributed by atoms with Gasteiger partial charge in [-0.25, -0.2) is 19.2 Å². The Morgan fingerprint density at radius 3 is 2.80 bits per heavy atom. The van der Waals surface area contributed by atoms with Gasteiger partial charge < -0.3 is 10.0 Å². The van der Waals surface area contributed by atoms with E-state index in [2.05, 4.69) is 9.97 Å². The molecule has 104 valence electrons. The number of hydrogen-bond donors (Lipinski definition) is 1. The van der Waals surface area contributed by atoms with Gasteiger partial charge in [0, 0.05) is 12.7 Å². The van der Waals surface area contributed by atoms with E-state index in [1.54, 1.807) is 23.1 Å². The maximum atomic E-state index is 13.8. The fraction of sp³-hybridized carbons (Fsp3) is 0.214. The quantitative estimate of drug-likeness (QED) is 0.907. The van der Waals surface area contributed by atoms with Gasteiger partial charge in [0.1, 0.15) is 17.7 Å². The molecule has 20 heavy (non-hydrogen) atoms. The minimum absolute atomic E-state index is 0.0299.